The molecule has 220 valence electrons. The molecular formula is C32H46N2O5S. The van der Waals surface area contributed by atoms with Crippen molar-refractivity contribution in [2.75, 3.05) is 12.0 Å². The minimum Gasteiger partial charge on any atom is -0.480 e. The van der Waals surface area contributed by atoms with E-state index in [0.717, 1.165) is 47.8 Å². The Balaban J connectivity index is 1.83. The molecule has 8 heteroatoms. The highest BCUT2D eigenvalue weighted by molar-refractivity contribution is 7.90. The monoisotopic (exact) mass is 570 g/mol. The zero-order chi connectivity index (χ0) is 29.1. The molecule has 2 unspecified atom stereocenters. The average molecular weight is 571 g/mol. The number of aliphatic carboxylic acids is 1. The highest BCUT2D eigenvalue weighted by Gasteiger charge is 2.24. The fourth-order valence-corrected chi connectivity index (χ4v) is 6.24. The second-order valence-corrected chi connectivity index (χ2v) is 13.6. The Hall–Kier alpha value is -2.71. The fraction of sp³-hybridized carbons (Fsp3) is 0.562. The fourth-order valence-electron chi connectivity index (χ4n) is 5.57. The molecule has 7 nitrogen and oxygen atoms in total. The number of amides is 1. The first kappa shape index (κ1) is 31.8. The lowest BCUT2D eigenvalue weighted by Crippen LogP contribution is -2.42. The molecular weight excluding hydrogens is 524 g/mol. The van der Waals surface area contributed by atoms with Crippen LogP contribution in [0.15, 0.2) is 42.5 Å². The van der Waals surface area contributed by atoms with Crippen molar-refractivity contribution in [2.24, 2.45) is 0 Å². The number of unbranched alkanes of at least 4 members (excludes halogenated alkanes) is 1. The molecule has 1 aliphatic carbocycles. The minimum absolute atomic E-state index is 0.190. The number of sulfone groups is 1. The van der Waals surface area contributed by atoms with Gasteiger partial charge >= 0.3 is 5.97 Å². The molecule has 0 saturated heterocycles. The van der Waals surface area contributed by atoms with Crippen LogP contribution in [-0.2, 0) is 21.1 Å². The van der Waals surface area contributed by atoms with Gasteiger partial charge in [-0.3, -0.25) is 4.79 Å². The van der Waals surface area contributed by atoms with Crippen molar-refractivity contribution in [3.63, 3.8) is 0 Å². The number of nitrogens with one attached hydrogen (secondary N) is 2. The summed E-state index contributed by atoms with van der Waals surface area (Å²) in [7, 11) is -3.36. The van der Waals surface area contributed by atoms with Gasteiger partial charge in [-0.2, -0.15) is 0 Å². The molecule has 3 N–H and O–H groups in total. The number of aryl methyl sites for hydroxylation is 2. The Morgan fingerprint density at radius 3 is 2.38 bits per heavy atom. The van der Waals surface area contributed by atoms with E-state index in [1.807, 2.05) is 37.3 Å². The Morgan fingerprint density at radius 2 is 1.73 bits per heavy atom. The van der Waals surface area contributed by atoms with Gasteiger partial charge in [0, 0.05) is 23.9 Å². The molecule has 0 radical (unpaired) electrons. The van der Waals surface area contributed by atoms with Gasteiger partial charge in [-0.1, -0.05) is 75.4 Å². The van der Waals surface area contributed by atoms with Crippen molar-refractivity contribution >= 4 is 21.7 Å². The van der Waals surface area contributed by atoms with E-state index >= 15 is 0 Å². The van der Waals surface area contributed by atoms with Crippen LogP contribution in [0.5, 0.6) is 0 Å². The topological polar surface area (TPSA) is 113 Å². The van der Waals surface area contributed by atoms with Crippen LogP contribution in [0.2, 0.25) is 0 Å². The van der Waals surface area contributed by atoms with Crippen LogP contribution in [0.25, 0.3) is 11.1 Å². The SMILES string of the molecule is CCCCC(CCc1ccc(C(=O)NC(CCS(C)(=O)=O)C(=O)O)c(-c2ccccc2C)c1)NC1CCCCC1. The third-order valence-electron chi connectivity index (χ3n) is 7.91. The van der Waals surface area contributed by atoms with Crippen LogP contribution in [0.1, 0.15) is 92.6 Å². The predicted octanol–water partition coefficient (Wildman–Crippen LogP) is 5.69. The minimum atomic E-state index is -3.36. The van der Waals surface area contributed by atoms with Crippen molar-refractivity contribution in [1.82, 2.24) is 10.6 Å². The van der Waals surface area contributed by atoms with Gasteiger partial charge in [0.2, 0.25) is 0 Å². The number of carbonyl (C=O) groups excluding carboxylic acids is 1. The molecule has 40 heavy (non-hydrogen) atoms. The van der Waals surface area contributed by atoms with Gasteiger partial charge in [0.15, 0.2) is 0 Å². The number of hydrogen-bond acceptors (Lipinski definition) is 5. The predicted molar refractivity (Wildman–Crippen MR) is 161 cm³/mol. The maximum atomic E-state index is 13.4. The maximum absolute atomic E-state index is 13.4. The zero-order valence-electron chi connectivity index (χ0n) is 24.2. The summed E-state index contributed by atoms with van der Waals surface area (Å²) in [6, 6.07) is 13.4. The molecule has 0 aliphatic heterocycles. The number of rotatable bonds is 15. The first-order valence-electron chi connectivity index (χ1n) is 14.7. The lowest BCUT2D eigenvalue weighted by atomic mass is 9.91. The van der Waals surface area contributed by atoms with Gasteiger partial charge in [0.05, 0.1) is 5.75 Å². The maximum Gasteiger partial charge on any atom is 0.326 e. The van der Waals surface area contributed by atoms with Crippen molar-refractivity contribution in [2.45, 2.75) is 103 Å². The van der Waals surface area contributed by atoms with Crippen LogP contribution in [0.3, 0.4) is 0 Å². The van der Waals surface area contributed by atoms with E-state index in [0.29, 0.717) is 17.6 Å². The molecule has 2 aromatic carbocycles. The molecule has 0 bridgehead atoms. The number of carboxylic acid groups (broad SMARTS) is 1. The molecule has 1 saturated carbocycles. The van der Waals surface area contributed by atoms with Gasteiger partial charge in [0.25, 0.3) is 5.91 Å². The first-order valence-corrected chi connectivity index (χ1v) is 16.8. The molecule has 2 atom stereocenters. The number of carboxylic acids is 1. The van der Waals surface area contributed by atoms with E-state index in [1.54, 1.807) is 6.07 Å². The largest absolute Gasteiger partial charge is 0.480 e. The summed E-state index contributed by atoms with van der Waals surface area (Å²) >= 11 is 0. The summed E-state index contributed by atoms with van der Waals surface area (Å²) in [5, 5.41) is 16.1. The second-order valence-electron chi connectivity index (χ2n) is 11.4. The Kier molecular flexibility index (Phi) is 12.2. The van der Waals surface area contributed by atoms with Crippen LogP contribution >= 0.6 is 0 Å². The molecule has 1 amide bonds. The molecule has 0 spiro atoms. The third kappa shape index (κ3) is 10.0. The smallest absolute Gasteiger partial charge is 0.326 e. The van der Waals surface area contributed by atoms with Crippen LogP contribution in [0, 0.1) is 6.92 Å². The molecule has 3 rings (SSSR count). The van der Waals surface area contributed by atoms with Crippen LogP contribution in [-0.4, -0.2) is 55.5 Å². The highest BCUT2D eigenvalue weighted by atomic mass is 32.2. The standard InChI is InChI=1S/C32H46N2O5S/c1-4-5-12-26(33-25-13-7-6-8-14-25)18-16-24-17-19-28(29(22-24)27-15-10-9-11-23(27)2)31(35)34-30(32(36)37)20-21-40(3,38)39/h9-11,15,17,19,22,25-26,30,33H,4-8,12-14,16,18,20-21H2,1-3H3,(H,34,35)(H,36,37). The molecule has 2 aromatic rings. The summed E-state index contributed by atoms with van der Waals surface area (Å²) in [4.78, 5) is 25.2. The Morgan fingerprint density at radius 1 is 1.00 bits per heavy atom. The summed E-state index contributed by atoms with van der Waals surface area (Å²) < 4.78 is 23.2. The van der Waals surface area contributed by atoms with Crippen molar-refractivity contribution in [3.05, 3.63) is 59.2 Å². The lowest BCUT2D eigenvalue weighted by molar-refractivity contribution is -0.139. The van der Waals surface area contributed by atoms with E-state index in [9.17, 15) is 23.1 Å². The van der Waals surface area contributed by atoms with Gasteiger partial charge < -0.3 is 15.7 Å². The lowest BCUT2D eigenvalue weighted by Gasteiger charge is -2.29. The van der Waals surface area contributed by atoms with E-state index in [4.69, 9.17) is 0 Å². The van der Waals surface area contributed by atoms with Crippen molar-refractivity contribution < 1.29 is 23.1 Å². The Labute approximate surface area is 240 Å². The zero-order valence-corrected chi connectivity index (χ0v) is 25.1. The third-order valence-corrected chi connectivity index (χ3v) is 8.89. The van der Waals surface area contributed by atoms with Crippen LogP contribution < -0.4 is 10.6 Å². The summed E-state index contributed by atoms with van der Waals surface area (Å²) in [6.45, 7) is 4.22. The number of hydrogen-bond donors (Lipinski definition) is 3. The second kappa shape index (κ2) is 15.3. The van der Waals surface area contributed by atoms with E-state index < -0.39 is 27.8 Å². The van der Waals surface area contributed by atoms with Gasteiger partial charge in [-0.15, -0.1) is 0 Å². The summed E-state index contributed by atoms with van der Waals surface area (Å²) in [6.07, 6.45) is 12.7. The molecule has 0 aromatic heterocycles. The van der Waals surface area contributed by atoms with E-state index in [-0.39, 0.29) is 12.2 Å². The number of benzene rings is 2. The Bertz CT molecular complexity index is 1240. The van der Waals surface area contributed by atoms with Gasteiger partial charge in [-0.05, 0) is 73.8 Å². The molecule has 0 heterocycles. The highest BCUT2D eigenvalue weighted by Crippen LogP contribution is 2.29. The van der Waals surface area contributed by atoms with E-state index in [2.05, 4.69) is 23.6 Å². The quantitative estimate of drug-likeness (QED) is 0.253. The van der Waals surface area contributed by atoms with E-state index in [1.165, 1.54) is 44.9 Å². The summed E-state index contributed by atoms with van der Waals surface area (Å²) in [5.41, 5.74) is 4.20. The molecule has 1 fully saturated rings. The van der Waals surface area contributed by atoms with Gasteiger partial charge in [0.1, 0.15) is 15.9 Å². The van der Waals surface area contributed by atoms with Crippen LogP contribution in [0.4, 0.5) is 0 Å². The molecule has 1 aliphatic rings. The summed E-state index contributed by atoms with van der Waals surface area (Å²) in [5.74, 6) is -2.10. The van der Waals surface area contributed by atoms with Gasteiger partial charge in [-0.25, -0.2) is 13.2 Å². The normalized spacial score (nSPS) is 15.9. The van der Waals surface area contributed by atoms with Crippen molar-refractivity contribution in [1.29, 1.82) is 0 Å². The first-order chi connectivity index (χ1) is 19.1. The average Bonchev–Trinajstić information content (AvgIpc) is 2.92. The van der Waals surface area contributed by atoms with Crippen molar-refractivity contribution in [3.8, 4) is 11.1 Å². The number of carbonyl (C=O) groups is 2.